The van der Waals surface area contributed by atoms with Crippen LogP contribution in [0.4, 0.5) is 0 Å². The molecule has 0 amide bonds. The summed E-state index contributed by atoms with van der Waals surface area (Å²) in [6.07, 6.45) is 3.96. The minimum Gasteiger partial charge on any atom is -0.478 e. The Balaban J connectivity index is 0.000000218. The molecule has 0 radical (unpaired) electrons. The van der Waals surface area contributed by atoms with Gasteiger partial charge in [-0.3, -0.25) is 4.98 Å². The zero-order valence-electron chi connectivity index (χ0n) is 10.8. The van der Waals surface area contributed by atoms with Crippen LogP contribution in [0.25, 0.3) is 0 Å². The van der Waals surface area contributed by atoms with Gasteiger partial charge >= 0.3 is 5.97 Å². The fourth-order valence-electron chi connectivity index (χ4n) is 1.49. The van der Waals surface area contributed by atoms with Crippen LogP contribution in [0.15, 0.2) is 18.3 Å². The highest BCUT2D eigenvalue weighted by Crippen LogP contribution is 2.08. The summed E-state index contributed by atoms with van der Waals surface area (Å²) in [5.74, 6) is -1.00. The van der Waals surface area contributed by atoms with Crippen molar-refractivity contribution in [1.82, 2.24) is 4.98 Å². The maximum absolute atomic E-state index is 10.5. The Morgan fingerprint density at radius 2 is 2.26 bits per heavy atom. The Bertz CT molecular complexity index is 413. The summed E-state index contributed by atoms with van der Waals surface area (Å²) in [5.41, 5.74) is 0.819. The largest absolute Gasteiger partial charge is 0.478 e. The number of pyridine rings is 1. The number of rotatable bonds is 2. The third-order valence-electron chi connectivity index (χ3n) is 2.55. The van der Waals surface area contributed by atoms with Gasteiger partial charge in [0.05, 0.1) is 17.0 Å². The lowest BCUT2D eigenvalue weighted by Crippen LogP contribution is -2.17. The molecule has 0 saturated carbocycles. The first kappa shape index (κ1) is 15.3. The Hall–Kier alpha value is -1.79. The number of carboxylic acids is 1. The monoisotopic (exact) mass is 266 g/mol. The molecule has 1 aliphatic heterocycles. The molecule has 0 bridgehead atoms. The molecule has 2 heterocycles. The summed E-state index contributed by atoms with van der Waals surface area (Å²) in [4.78, 5) is 14.3. The number of aliphatic hydroxyl groups excluding tert-OH is 1. The number of nitrogens with one attached hydrogen (secondary N) is 1. The first-order valence-corrected chi connectivity index (χ1v) is 6.05. The average Bonchev–Trinajstić information content (AvgIpc) is 2.40. The fraction of sp³-hybridized carbons (Fsp3) is 0.462. The highest BCUT2D eigenvalue weighted by Gasteiger charge is 2.07. The molecular formula is C13H18N2O4. The van der Waals surface area contributed by atoms with Gasteiger partial charge in [-0.05, 0) is 38.3 Å². The van der Waals surface area contributed by atoms with Gasteiger partial charge in [-0.15, -0.1) is 0 Å². The lowest BCUT2D eigenvalue weighted by molar-refractivity contribution is -0.123. The Morgan fingerprint density at radius 3 is 2.68 bits per heavy atom. The molecular weight excluding hydrogens is 248 g/mol. The Labute approximate surface area is 111 Å². The van der Waals surface area contributed by atoms with Crippen LogP contribution in [0.2, 0.25) is 0 Å². The number of ether oxygens (including phenoxy) is 1. The number of hydrogen-bond acceptors (Lipinski definition) is 5. The van der Waals surface area contributed by atoms with Crippen molar-refractivity contribution >= 4 is 11.7 Å². The van der Waals surface area contributed by atoms with Crippen LogP contribution in [0, 0.1) is 5.41 Å². The molecule has 6 nitrogen and oxygen atoms in total. The number of aromatic nitrogens is 1. The van der Waals surface area contributed by atoms with Gasteiger partial charge in [0, 0.05) is 12.8 Å². The van der Waals surface area contributed by atoms with Gasteiger partial charge in [0.15, 0.2) is 6.29 Å². The van der Waals surface area contributed by atoms with Gasteiger partial charge in [-0.2, -0.15) is 0 Å². The first-order valence-electron chi connectivity index (χ1n) is 6.05. The zero-order valence-corrected chi connectivity index (χ0v) is 10.8. The molecule has 0 spiro atoms. The fourth-order valence-corrected chi connectivity index (χ4v) is 1.49. The molecule has 1 fully saturated rings. The Kier molecular flexibility index (Phi) is 6.11. The predicted molar refractivity (Wildman–Crippen MR) is 69.5 cm³/mol. The van der Waals surface area contributed by atoms with E-state index in [1.807, 2.05) is 0 Å². The van der Waals surface area contributed by atoms with Crippen molar-refractivity contribution < 1.29 is 19.7 Å². The number of nitrogens with zero attached hydrogens (tertiary/aromatic N) is 1. The molecule has 1 aromatic heterocycles. The molecule has 6 heteroatoms. The normalized spacial score (nSPS) is 18.1. The van der Waals surface area contributed by atoms with Crippen molar-refractivity contribution in [3.63, 3.8) is 0 Å². The van der Waals surface area contributed by atoms with Crippen molar-refractivity contribution in [2.24, 2.45) is 0 Å². The van der Waals surface area contributed by atoms with E-state index < -0.39 is 12.3 Å². The van der Waals surface area contributed by atoms with Crippen LogP contribution < -0.4 is 0 Å². The summed E-state index contributed by atoms with van der Waals surface area (Å²) in [6.45, 7) is 2.30. The van der Waals surface area contributed by atoms with E-state index in [2.05, 4.69) is 4.98 Å². The molecule has 0 aromatic carbocycles. The summed E-state index contributed by atoms with van der Waals surface area (Å²) < 4.78 is 4.83. The number of carboxylic acid groups (broad SMARTS) is 1. The van der Waals surface area contributed by atoms with Gasteiger partial charge in [-0.25, -0.2) is 4.79 Å². The molecule has 1 saturated heterocycles. The van der Waals surface area contributed by atoms with E-state index >= 15 is 0 Å². The molecule has 1 unspecified atom stereocenters. The van der Waals surface area contributed by atoms with E-state index in [1.165, 1.54) is 18.3 Å². The highest BCUT2D eigenvalue weighted by molar-refractivity contribution is 5.97. The molecule has 0 aliphatic carbocycles. The third kappa shape index (κ3) is 5.58. The minimum absolute atomic E-state index is 0.159. The second-order valence-electron chi connectivity index (χ2n) is 4.18. The van der Waals surface area contributed by atoms with Gasteiger partial charge in [0.25, 0.3) is 0 Å². The van der Waals surface area contributed by atoms with E-state index in [4.69, 9.17) is 20.4 Å². The van der Waals surface area contributed by atoms with Crippen LogP contribution in [-0.4, -0.2) is 39.8 Å². The summed E-state index contributed by atoms with van der Waals surface area (Å²) in [6, 6.07) is 2.78. The van der Waals surface area contributed by atoms with Crippen LogP contribution in [0.3, 0.4) is 0 Å². The van der Waals surface area contributed by atoms with E-state index in [0.717, 1.165) is 25.9 Å². The van der Waals surface area contributed by atoms with Crippen molar-refractivity contribution in [3.8, 4) is 0 Å². The maximum Gasteiger partial charge on any atom is 0.335 e. The van der Waals surface area contributed by atoms with E-state index in [-0.39, 0.29) is 11.3 Å². The minimum atomic E-state index is -1.00. The third-order valence-corrected chi connectivity index (χ3v) is 2.55. The molecule has 3 N–H and O–H groups in total. The van der Waals surface area contributed by atoms with Gasteiger partial charge < -0.3 is 20.4 Å². The lowest BCUT2D eigenvalue weighted by Gasteiger charge is -2.16. The van der Waals surface area contributed by atoms with Crippen molar-refractivity contribution in [3.05, 3.63) is 29.6 Å². The second kappa shape index (κ2) is 7.60. The lowest BCUT2D eigenvalue weighted by atomic mass is 10.2. The molecule has 1 aromatic rings. The summed E-state index contributed by atoms with van der Waals surface area (Å²) in [7, 11) is 0. The molecule has 104 valence electrons. The van der Waals surface area contributed by atoms with E-state index in [1.54, 1.807) is 6.92 Å². The SMILES string of the molecule is CC(=N)c1cc(C(=O)O)ccn1.OC1CCCCO1. The van der Waals surface area contributed by atoms with Crippen LogP contribution >= 0.6 is 0 Å². The summed E-state index contributed by atoms with van der Waals surface area (Å²) >= 11 is 0. The van der Waals surface area contributed by atoms with E-state index in [9.17, 15) is 4.79 Å². The van der Waals surface area contributed by atoms with Crippen LogP contribution in [0.5, 0.6) is 0 Å². The van der Waals surface area contributed by atoms with Crippen molar-refractivity contribution in [2.45, 2.75) is 32.5 Å². The Morgan fingerprint density at radius 1 is 1.53 bits per heavy atom. The number of hydrogen-bond donors (Lipinski definition) is 3. The smallest absolute Gasteiger partial charge is 0.335 e. The van der Waals surface area contributed by atoms with E-state index in [0.29, 0.717) is 5.69 Å². The van der Waals surface area contributed by atoms with Gasteiger partial charge in [-0.1, -0.05) is 0 Å². The average molecular weight is 266 g/mol. The van der Waals surface area contributed by atoms with Crippen molar-refractivity contribution in [2.75, 3.05) is 6.61 Å². The number of carbonyl (C=O) groups is 1. The first-order chi connectivity index (χ1) is 9.00. The quantitative estimate of drug-likeness (QED) is 0.706. The number of aromatic carboxylic acids is 1. The summed E-state index contributed by atoms with van der Waals surface area (Å²) in [5, 5.41) is 24.5. The predicted octanol–water partition coefficient (Wildman–Crippen LogP) is 1.67. The molecule has 1 aliphatic rings. The zero-order chi connectivity index (χ0) is 14.3. The van der Waals surface area contributed by atoms with Gasteiger partial charge in [0.1, 0.15) is 0 Å². The van der Waals surface area contributed by atoms with Gasteiger partial charge in [0.2, 0.25) is 0 Å². The topological polar surface area (TPSA) is 104 Å². The second-order valence-corrected chi connectivity index (χ2v) is 4.18. The van der Waals surface area contributed by atoms with Crippen molar-refractivity contribution in [1.29, 1.82) is 5.41 Å². The molecule has 19 heavy (non-hydrogen) atoms. The molecule has 1 atom stereocenters. The highest BCUT2D eigenvalue weighted by atomic mass is 16.6. The van der Waals surface area contributed by atoms with Crippen LogP contribution in [-0.2, 0) is 4.74 Å². The molecule has 2 rings (SSSR count). The van der Waals surface area contributed by atoms with Crippen LogP contribution in [0.1, 0.15) is 42.2 Å². The maximum atomic E-state index is 10.5. The number of aliphatic hydroxyl groups is 1. The standard InChI is InChI=1S/C8H8N2O2.C5H10O2/c1-5(9)7-4-6(8(11)12)2-3-10-7;6-5-3-1-2-4-7-5/h2-4,9H,1H3,(H,11,12);5-6H,1-4H2.